The molecule has 1 fully saturated rings. The zero-order chi connectivity index (χ0) is 15.5. The molecule has 2 heterocycles. The van der Waals surface area contributed by atoms with Crippen LogP contribution in [0.3, 0.4) is 0 Å². The van der Waals surface area contributed by atoms with Crippen molar-refractivity contribution in [3.63, 3.8) is 0 Å². The monoisotopic (exact) mass is 297 g/mol. The van der Waals surface area contributed by atoms with E-state index in [0.29, 0.717) is 5.92 Å². The van der Waals surface area contributed by atoms with E-state index in [1.54, 1.807) is 6.20 Å². The smallest absolute Gasteiger partial charge is 0.247 e. The number of benzene rings is 1. The van der Waals surface area contributed by atoms with Crippen LogP contribution in [0.5, 0.6) is 0 Å². The maximum absolute atomic E-state index is 4.62. The van der Waals surface area contributed by atoms with Crippen LogP contribution in [-0.2, 0) is 0 Å². The summed E-state index contributed by atoms with van der Waals surface area (Å²) in [5.41, 5.74) is 3.58. The van der Waals surface area contributed by atoms with Crippen molar-refractivity contribution in [1.82, 2.24) is 15.2 Å². The predicted octanol–water partition coefficient (Wildman–Crippen LogP) is 3.47. The largest absolute Gasteiger partial charge is 0.339 e. The zero-order valence-electron chi connectivity index (χ0n) is 13.5. The molecule has 1 N–H and O–H groups in total. The van der Waals surface area contributed by atoms with Gasteiger partial charge in [0.05, 0.1) is 6.20 Å². The van der Waals surface area contributed by atoms with E-state index in [-0.39, 0.29) is 0 Å². The van der Waals surface area contributed by atoms with Crippen molar-refractivity contribution in [1.29, 1.82) is 0 Å². The highest BCUT2D eigenvalue weighted by Gasteiger charge is 2.19. The fraction of sp³-hybridized carbons (Fsp3) is 0.471. The number of aryl methyl sites for hydroxylation is 2. The van der Waals surface area contributed by atoms with Crippen LogP contribution in [0.15, 0.2) is 24.4 Å². The van der Waals surface area contributed by atoms with Crippen molar-refractivity contribution in [3.8, 4) is 0 Å². The van der Waals surface area contributed by atoms with Crippen molar-refractivity contribution >= 4 is 17.5 Å². The Balaban J connectivity index is 1.77. The van der Waals surface area contributed by atoms with E-state index in [1.807, 2.05) is 0 Å². The van der Waals surface area contributed by atoms with E-state index >= 15 is 0 Å². The van der Waals surface area contributed by atoms with Gasteiger partial charge in [-0.1, -0.05) is 13.0 Å². The number of nitrogens with one attached hydrogen (secondary N) is 1. The van der Waals surface area contributed by atoms with Crippen LogP contribution in [0, 0.1) is 19.8 Å². The SMILES string of the molecule is Cc1ccc(Nc2cnnc(N3CCCC(C)C3)n2)cc1C. The summed E-state index contributed by atoms with van der Waals surface area (Å²) in [5.74, 6) is 2.15. The van der Waals surface area contributed by atoms with Crippen LogP contribution in [-0.4, -0.2) is 28.3 Å². The Morgan fingerprint density at radius 2 is 2.09 bits per heavy atom. The third kappa shape index (κ3) is 3.35. The second kappa shape index (κ2) is 6.30. The van der Waals surface area contributed by atoms with Crippen molar-refractivity contribution < 1.29 is 0 Å². The highest BCUT2D eigenvalue weighted by atomic mass is 15.3. The molecule has 116 valence electrons. The van der Waals surface area contributed by atoms with E-state index < -0.39 is 0 Å². The van der Waals surface area contributed by atoms with Gasteiger partial charge in [0.1, 0.15) is 0 Å². The summed E-state index contributed by atoms with van der Waals surface area (Å²) in [6, 6.07) is 6.30. The lowest BCUT2D eigenvalue weighted by Gasteiger charge is -2.30. The molecule has 1 aliphatic heterocycles. The van der Waals surface area contributed by atoms with E-state index in [0.717, 1.165) is 30.5 Å². The summed E-state index contributed by atoms with van der Waals surface area (Å²) >= 11 is 0. The van der Waals surface area contributed by atoms with Crippen LogP contribution < -0.4 is 10.2 Å². The number of hydrogen-bond acceptors (Lipinski definition) is 5. The molecule has 1 unspecified atom stereocenters. The number of anilines is 3. The van der Waals surface area contributed by atoms with Crippen LogP contribution in [0.2, 0.25) is 0 Å². The van der Waals surface area contributed by atoms with Crippen LogP contribution in [0.4, 0.5) is 17.5 Å². The lowest BCUT2D eigenvalue weighted by atomic mass is 10.0. The topological polar surface area (TPSA) is 53.9 Å². The molecule has 0 aliphatic carbocycles. The van der Waals surface area contributed by atoms with Gasteiger partial charge >= 0.3 is 0 Å². The van der Waals surface area contributed by atoms with E-state index in [1.165, 1.54) is 24.0 Å². The number of hydrogen-bond donors (Lipinski definition) is 1. The van der Waals surface area contributed by atoms with Gasteiger partial charge in [0.15, 0.2) is 5.82 Å². The molecule has 1 aromatic carbocycles. The number of rotatable bonds is 3. The average Bonchev–Trinajstić information content (AvgIpc) is 2.51. The second-order valence-electron chi connectivity index (χ2n) is 6.26. The summed E-state index contributed by atoms with van der Waals surface area (Å²) in [6.45, 7) is 8.52. The molecule has 0 amide bonds. The first kappa shape index (κ1) is 14.8. The predicted molar refractivity (Wildman–Crippen MR) is 89.6 cm³/mol. The molecular formula is C17H23N5. The van der Waals surface area contributed by atoms with Gasteiger partial charge in [0.25, 0.3) is 0 Å². The Bertz CT molecular complexity index is 655. The Hall–Kier alpha value is -2.17. The van der Waals surface area contributed by atoms with Crippen molar-refractivity contribution in [2.45, 2.75) is 33.6 Å². The lowest BCUT2D eigenvalue weighted by molar-refractivity contribution is 0.441. The lowest BCUT2D eigenvalue weighted by Crippen LogP contribution is -2.35. The minimum Gasteiger partial charge on any atom is -0.339 e. The van der Waals surface area contributed by atoms with Gasteiger partial charge in [-0.3, -0.25) is 0 Å². The molecule has 22 heavy (non-hydrogen) atoms. The van der Waals surface area contributed by atoms with Gasteiger partial charge in [-0.15, -0.1) is 5.10 Å². The van der Waals surface area contributed by atoms with E-state index in [9.17, 15) is 0 Å². The first-order valence-electron chi connectivity index (χ1n) is 7.91. The molecule has 0 spiro atoms. The van der Waals surface area contributed by atoms with Crippen molar-refractivity contribution in [2.75, 3.05) is 23.3 Å². The molecule has 1 saturated heterocycles. The fourth-order valence-corrected chi connectivity index (χ4v) is 2.83. The molecule has 1 atom stereocenters. The molecule has 2 aromatic rings. The molecule has 5 heteroatoms. The molecule has 3 rings (SSSR count). The molecule has 5 nitrogen and oxygen atoms in total. The summed E-state index contributed by atoms with van der Waals surface area (Å²) < 4.78 is 0. The Kier molecular flexibility index (Phi) is 4.22. The maximum atomic E-state index is 4.62. The molecule has 1 aromatic heterocycles. The average molecular weight is 297 g/mol. The number of piperidine rings is 1. The summed E-state index contributed by atoms with van der Waals surface area (Å²) in [4.78, 5) is 6.85. The second-order valence-corrected chi connectivity index (χ2v) is 6.26. The minimum absolute atomic E-state index is 0.689. The zero-order valence-corrected chi connectivity index (χ0v) is 13.5. The number of aromatic nitrogens is 3. The normalized spacial score (nSPS) is 18.3. The fourth-order valence-electron chi connectivity index (χ4n) is 2.83. The highest BCUT2D eigenvalue weighted by molar-refractivity contribution is 5.58. The third-order valence-electron chi connectivity index (χ3n) is 4.27. The molecule has 1 aliphatic rings. The Morgan fingerprint density at radius 1 is 1.23 bits per heavy atom. The first-order valence-corrected chi connectivity index (χ1v) is 7.91. The maximum Gasteiger partial charge on any atom is 0.247 e. The van der Waals surface area contributed by atoms with Crippen molar-refractivity contribution in [3.05, 3.63) is 35.5 Å². The Morgan fingerprint density at radius 3 is 2.86 bits per heavy atom. The van der Waals surface area contributed by atoms with Gasteiger partial charge in [-0.2, -0.15) is 10.1 Å². The van der Waals surface area contributed by atoms with E-state index in [4.69, 9.17) is 0 Å². The van der Waals surface area contributed by atoms with Gasteiger partial charge in [-0.25, -0.2) is 0 Å². The molecule has 0 saturated carbocycles. The summed E-state index contributed by atoms with van der Waals surface area (Å²) in [6.07, 6.45) is 4.15. The molecular weight excluding hydrogens is 274 g/mol. The molecule has 0 radical (unpaired) electrons. The van der Waals surface area contributed by atoms with Gasteiger partial charge in [0.2, 0.25) is 5.95 Å². The van der Waals surface area contributed by atoms with Crippen LogP contribution in [0.25, 0.3) is 0 Å². The third-order valence-corrected chi connectivity index (χ3v) is 4.27. The van der Waals surface area contributed by atoms with E-state index in [2.05, 4.69) is 64.4 Å². The van der Waals surface area contributed by atoms with Gasteiger partial charge in [-0.05, 0) is 55.9 Å². The highest BCUT2D eigenvalue weighted by Crippen LogP contribution is 2.22. The van der Waals surface area contributed by atoms with Crippen LogP contribution in [0.1, 0.15) is 30.9 Å². The summed E-state index contributed by atoms with van der Waals surface area (Å²) in [5, 5.41) is 11.6. The van der Waals surface area contributed by atoms with Gasteiger partial charge < -0.3 is 10.2 Å². The van der Waals surface area contributed by atoms with Gasteiger partial charge in [0, 0.05) is 18.8 Å². The minimum atomic E-state index is 0.689. The first-order chi connectivity index (χ1) is 10.6. The quantitative estimate of drug-likeness (QED) is 0.940. The standard InChI is InChI=1S/C17H23N5/c1-12-5-4-8-22(11-12)17-20-16(10-18-21-17)19-15-7-6-13(2)14(3)9-15/h6-7,9-10,12H,4-5,8,11H2,1-3H3,(H,19,20,21). The number of nitrogens with zero attached hydrogens (tertiary/aromatic N) is 4. The van der Waals surface area contributed by atoms with Crippen molar-refractivity contribution in [2.24, 2.45) is 5.92 Å². The Labute approximate surface area is 131 Å². The van der Waals surface area contributed by atoms with Crippen LogP contribution >= 0.6 is 0 Å². The molecule has 0 bridgehead atoms. The summed E-state index contributed by atoms with van der Waals surface area (Å²) in [7, 11) is 0.